The molecule has 8 heteroatoms. The average molecular weight is 476 g/mol. The second-order valence-electron chi connectivity index (χ2n) is 8.34. The number of Topliss-reactive ketones (excluding diaryl/α,β-unsaturated/α-hetero) is 1. The molecule has 0 saturated carbocycles. The van der Waals surface area contributed by atoms with E-state index in [1.54, 1.807) is 31.2 Å². The Balaban J connectivity index is 2.01. The number of rotatable bonds is 8. The van der Waals surface area contributed by atoms with Gasteiger partial charge in [-0.05, 0) is 43.4 Å². The van der Waals surface area contributed by atoms with Gasteiger partial charge in [-0.25, -0.2) is 4.79 Å². The molecule has 178 valence electrons. The molecule has 1 aliphatic heterocycles. The van der Waals surface area contributed by atoms with Crippen molar-refractivity contribution >= 4 is 29.3 Å². The Morgan fingerprint density at radius 3 is 2.48 bits per heavy atom. The number of methoxy groups -OCH3 is 1. The molecule has 7 nitrogen and oxygen atoms in total. The summed E-state index contributed by atoms with van der Waals surface area (Å²) in [5.41, 5.74) is 2.77. The third-order valence-electron chi connectivity index (χ3n) is 5.98. The van der Waals surface area contributed by atoms with Gasteiger partial charge in [-0.2, -0.15) is 0 Å². The number of ketones is 1. The fourth-order valence-electron chi connectivity index (χ4n) is 4.46. The maximum atomic E-state index is 13.6. The molecule has 0 aromatic heterocycles. The molecule has 1 N–H and O–H groups in total. The standard InChI is InChI=1S/C25H30ClNO6/c1-5-10-32-11-12-33-25(30)20-15(3)27-18-13-14(2)19(24(29)31-4)23(28)22(18)21(20)16-6-8-17(26)9-7-16/h6-9,14,19,21,27H,5,10-13H2,1-4H3/t14-,19-,21+/m0/s1. The fourth-order valence-corrected chi connectivity index (χ4v) is 4.58. The van der Waals surface area contributed by atoms with Gasteiger partial charge in [0.1, 0.15) is 12.5 Å². The van der Waals surface area contributed by atoms with Crippen LogP contribution in [0.15, 0.2) is 46.8 Å². The lowest BCUT2D eigenvalue weighted by Gasteiger charge is -2.38. The number of hydrogen-bond donors (Lipinski definition) is 1. The third-order valence-corrected chi connectivity index (χ3v) is 6.23. The highest BCUT2D eigenvalue weighted by molar-refractivity contribution is 6.30. The van der Waals surface area contributed by atoms with Crippen molar-refractivity contribution in [3.05, 3.63) is 57.4 Å². The Labute approximate surface area is 199 Å². The van der Waals surface area contributed by atoms with Gasteiger partial charge in [0.25, 0.3) is 0 Å². The smallest absolute Gasteiger partial charge is 0.336 e. The predicted octanol–water partition coefficient (Wildman–Crippen LogP) is 3.92. The van der Waals surface area contributed by atoms with E-state index in [-0.39, 0.29) is 18.3 Å². The molecular formula is C25H30ClNO6. The average Bonchev–Trinajstić information content (AvgIpc) is 2.78. The number of nitrogens with one attached hydrogen (secondary N) is 1. The van der Waals surface area contributed by atoms with Crippen LogP contribution in [0.1, 0.15) is 45.1 Å². The summed E-state index contributed by atoms with van der Waals surface area (Å²) in [6, 6.07) is 6.99. The highest BCUT2D eigenvalue weighted by Crippen LogP contribution is 2.45. The summed E-state index contributed by atoms with van der Waals surface area (Å²) in [6.07, 6.45) is 1.36. The minimum atomic E-state index is -0.927. The number of benzene rings is 1. The van der Waals surface area contributed by atoms with Crippen LogP contribution in [0.4, 0.5) is 0 Å². The SMILES string of the molecule is CCCOCCOC(=O)C1=C(C)NC2=C(C(=O)[C@@H](C(=O)OC)[C@@H](C)C2)[C@@H]1c1ccc(Cl)cc1. The Morgan fingerprint density at radius 2 is 1.85 bits per heavy atom. The normalized spacial score (nSPS) is 22.6. The quantitative estimate of drug-likeness (QED) is 0.346. The number of dihydropyridines is 1. The van der Waals surface area contributed by atoms with Gasteiger partial charge in [0.15, 0.2) is 5.78 Å². The number of hydrogen-bond acceptors (Lipinski definition) is 7. The Morgan fingerprint density at radius 1 is 1.15 bits per heavy atom. The molecule has 3 atom stereocenters. The van der Waals surface area contributed by atoms with E-state index in [1.165, 1.54) is 7.11 Å². The van der Waals surface area contributed by atoms with Crippen molar-refractivity contribution in [3.8, 4) is 0 Å². The number of allylic oxidation sites excluding steroid dienone is 3. The minimum absolute atomic E-state index is 0.102. The molecule has 33 heavy (non-hydrogen) atoms. The van der Waals surface area contributed by atoms with Crippen molar-refractivity contribution in [3.63, 3.8) is 0 Å². The summed E-state index contributed by atoms with van der Waals surface area (Å²) in [5, 5.41) is 3.78. The monoisotopic (exact) mass is 475 g/mol. The summed E-state index contributed by atoms with van der Waals surface area (Å²) in [7, 11) is 1.27. The first kappa shape index (κ1) is 25.0. The van der Waals surface area contributed by atoms with Crippen LogP contribution in [-0.4, -0.2) is 44.7 Å². The van der Waals surface area contributed by atoms with E-state index >= 15 is 0 Å². The van der Waals surface area contributed by atoms with Crippen molar-refractivity contribution in [2.45, 2.75) is 39.5 Å². The van der Waals surface area contributed by atoms with E-state index in [2.05, 4.69) is 5.32 Å². The van der Waals surface area contributed by atoms with Crippen molar-refractivity contribution < 1.29 is 28.6 Å². The second kappa shape index (κ2) is 11.0. The van der Waals surface area contributed by atoms with Crippen LogP contribution in [0.5, 0.6) is 0 Å². The molecule has 1 aromatic rings. The Kier molecular flexibility index (Phi) is 8.32. The van der Waals surface area contributed by atoms with E-state index < -0.39 is 23.8 Å². The number of carbonyl (C=O) groups is 3. The first-order valence-electron chi connectivity index (χ1n) is 11.1. The van der Waals surface area contributed by atoms with Gasteiger partial charge in [0.2, 0.25) is 0 Å². The van der Waals surface area contributed by atoms with Crippen molar-refractivity contribution in [1.82, 2.24) is 5.32 Å². The maximum absolute atomic E-state index is 13.6. The molecule has 0 amide bonds. The lowest BCUT2D eigenvalue weighted by molar-refractivity contribution is -0.151. The zero-order valence-corrected chi connectivity index (χ0v) is 20.2. The molecule has 3 rings (SSSR count). The lowest BCUT2D eigenvalue weighted by Crippen LogP contribution is -2.43. The molecule has 1 aromatic carbocycles. The number of carbonyl (C=O) groups excluding carboxylic acids is 3. The van der Waals surface area contributed by atoms with Gasteiger partial charge in [0.05, 0.1) is 19.3 Å². The molecule has 0 bridgehead atoms. The highest BCUT2D eigenvalue weighted by atomic mass is 35.5. The second-order valence-corrected chi connectivity index (χ2v) is 8.77. The lowest BCUT2D eigenvalue weighted by atomic mass is 9.69. The molecule has 0 fully saturated rings. The Bertz CT molecular complexity index is 981. The highest BCUT2D eigenvalue weighted by Gasteiger charge is 2.47. The van der Waals surface area contributed by atoms with Gasteiger partial charge >= 0.3 is 11.9 Å². The number of esters is 2. The molecule has 0 unspecified atom stereocenters. The molecule has 0 radical (unpaired) electrons. The zero-order valence-electron chi connectivity index (χ0n) is 19.4. The molecule has 2 aliphatic rings. The van der Waals surface area contributed by atoms with Gasteiger partial charge in [-0.15, -0.1) is 0 Å². The fraction of sp³-hybridized carbons (Fsp3) is 0.480. The van der Waals surface area contributed by atoms with Gasteiger partial charge < -0.3 is 19.5 Å². The van der Waals surface area contributed by atoms with Crippen molar-refractivity contribution in [2.75, 3.05) is 26.9 Å². The van der Waals surface area contributed by atoms with Crippen LogP contribution in [0.25, 0.3) is 0 Å². The van der Waals surface area contributed by atoms with Gasteiger partial charge in [-0.1, -0.05) is 37.6 Å². The number of ether oxygens (including phenoxy) is 3. The van der Waals surface area contributed by atoms with Crippen LogP contribution in [-0.2, 0) is 28.6 Å². The van der Waals surface area contributed by atoms with E-state index in [9.17, 15) is 14.4 Å². The summed E-state index contributed by atoms with van der Waals surface area (Å²) >= 11 is 6.09. The summed E-state index contributed by atoms with van der Waals surface area (Å²) in [6.45, 7) is 6.62. The van der Waals surface area contributed by atoms with Gasteiger partial charge in [0, 0.05) is 34.5 Å². The van der Waals surface area contributed by atoms with E-state index in [1.807, 2.05) is 13.8 Å². The van der Waals surface area contributed by atoms with E-state index in [0.717, 1.165) is 6.42 Å². The molecule has 1 heterocycles. The van der Waals surface area contributed by atoms with Crippen molar-refractivity contribution in [1.29, 1.82) is 0 Å². The third kappa shape index (κ3) is 5.31. The van der Waals surface area contributed by atoms with Crippen LogP contribution < -0.4 is 5.32 Å². The van der Waals surface area contributed by atoms with Crippen LogP contribution >= 0.6 is 11.6 Å². The largest absolute Gasteiger partial charge is 0.468 e. The number of halogens is 1. The summed E-state index contributed by atoms with van der Waals surface area (Å²) in [5.74, 6) is -3.30. The summed E-state index contributed by atoms with van der Waals surface area (Å²) < 4.78 is 15.8. The van der Waals surface area contributed by atoms with Gasteiger partial charge in [-0.3, -0.25) is 9.59 Å². The van der Waals surface area contributed by atoms with E-state index in [4.69, 9.17) is 25.8 Å². The maximum Gasteiger partial charge on any atom is 0.336 e. The minimum Gasteiger partial charge on any atom is -0.468 e. The first-order valence-corrected chi connectivity index (χ1v) is 11.5. The van der Waals surface area contributed by atoms with Crippen LogP contribution in [0.2, 0.25) is 5.02 Å². The molecule has 0 saturated heterocycles. The van der Waals surface area contributed by atoms with Crippen molar-refractivity contribution in [2.24, 2.45) is 11.8 Å². The molecule has 1 aliphatic carbocycles. The predicted molar refractivity (Wildman–Crippen MR) is 123 cm³/mol. The van der Waals surface area contributed by atoms with Crippen LogP contribution in [0, 0.1) is 11.8 Å². The zero-order chi connectivity index (χ0) is 24.1. The summed E-state index contributed by atoms with van der Waals surface area (Å²) in [4.78, 5) is 39.2. The topological polar surface area (TPSA) is 90.9 Å². The molecular weight excluding hydrogens is 446 g/mol. The first-order chi connectivity index (χ1) is 15.8. The Hall–Kier alpha value is -2.64. The van der Waals surface area contributed by atoms with Crippen LogP contribution in [0.3, 0.4) is 0 Å². The molecule has 0 spiro atoms. The van der Waals surface area contributed by atoms with E-state index in [0.29, 0.717) is 52.8 Å².